The highest BCUT2D eigenvalue weighted by atomic mass is 16.1. The second-order valence-corrected chi connectivity index (χ2v) is 4.85. The summed E-state index contributed by atoms with van der Waals surface area (Å²) in [4.78, 5) is 12.0. The second kappa shape index (κ2) is 5.35. The average Bonchev–Trinajstić information content (AvgIpc) is 3.04. The van der Waals surface area contributed by atoms with Crippen LogP contribution in [0.25, 0.3) is 5.65 Å². The molecule has 0 aromatic carbocycles. The molecule has 3 aromatic rings. The molecule has 1 N–H and O–H groups in total. The standard InChI is InChI=1S/C14H16N6O/c1-10-9-11(18-19(10)2)14(21)15-7-6-13-17-16-12-5-3-4-8-20(12)13/h3-5,8-9H,6-7H2,1-2H3,(H,15,21). The molecule has 108 valence electrons. The molecule has 0 spiro atoms. The molecule has 0 aliphatic carbocycles. The number of aromatic nitrogens is 5. The van der Waals surface area contributed by atoms with Crippen molar-refractivity contribution in [1.29, 1.82) is 0 Å². The monoisotopic (exact) mass is 284 g/mol. The van der Waals surface area contributed by atoms with E-state index < -0.39 is 0 Å². The molecule has 3 aromatic heterocycles. The molecular weight excluding hydrogens is 268 g/mol. The van der Waals surface area contributed by atoms with E-state index in [9.17, 15) is 4.79 Å². The Morgan fingerprint density at radius 1 is 1.33 bits per heavy atom. The third-order valence-corrected chi connectivity index (χ3v) is 3.36. The zero-order valence-electron chi connectivity index (χ0n) is 11.9. The van der Waals surface area contributed by atoms with Gasteiger partial charge in [0.1, 0.15) is 11.5 Å². The molecule has 7 heteroatoms. The number of pyridine rings is 1. The van der Waals surface area contributed by atoms with Crippen molar-refractivity contribution in [2.24, 2.45) is 7.05 Å². The van der Waals surface area contributed by atoms with Crippen LogP contribution in [0, 0.1) is 6.92 Å². The van der Waals surface area contributed by atoms with Crippen LogP contribution in [0.2, 0.25) is 0 Å². The van der Waals surface area contributed by atoms with E-state index >= 15 is 0 Å². The van der Waals surface area contributed by atoms with Gasteiger partial charge < -0.3 is 5.32 Å². The van der Waals surface area contributed by atoms with E-state index in [2.05, 4.69) is 20.6 Å². The Labute approximate surface area is 121 Å². The van der Waals surface area contributed by atoms with Gasteiger partial charge in [0.05, 0.1) is 0 Å². The van der Waals surface area contributed by atoms with Gasteiger partial charge in [0, 0.05) is 31.9 Å². The van der Waals surface area contributed by atoms with E-state index in [1.807, 2.05) is 42.8 Å². The summed E-state index contributed by atoms with van der Waals surface area (Å²) in [6.45, 7) is 2.40. The zero-order valence-corrected chi connectivity index (χ0v) is 11.9. The van der Waals surface area contributed by atoms with Crippen molar-refractivity contribution in [2.45, 2.75) is 13.3 Å². The van der Waals surface area contributed by atoms with Crippen LogP contribution >= 0.6 is 0 Å². The molecule has 0 radical (unpaired) electrons. The van der Waals surface area contributed by atoms with Crippen LogP contribution < -0.4 is 5.32 Å². The Morgan fingerprint density at radius 2 is 2.19 bits per heavy atom. The van der Waals surface area contributed by atoms with Gasteiger partial charge in [-0.1, -0.05) is 6.07 Å². The topological polar surface area (TPSA) is 77.1 Å². The fourth-order valence-electron chi connectivity index (χ4n) is 2.11. The number of nitrogens with one attached hydrogen (secondary N) is 1. The summed E-state index contributed by atoms with van der Waals surface area (Å²) in [7, 11) is 1.81. The molecule has 0 saturated carbocycles. The minimum absolute atomic E-state index is 0.174. The van der Waals surface area contributed by atoms with Gasteiger partial charge in [-0.3, -0.25) is 13.9 Å². The maximum absolute atomic E-state index is 12.0. The number of carbonyl (C=O) groups is 1. The van der Waals surface area contributed by atoms with Crippen molar-refractivity contribution >= 4 is 11.6 Å². The van der Waals surface area contributed by atoms with E-state index in [-0.39, 0.29) is 5.91 Å². The van der Waals surface area contributed by atoms with Gasteiger partial charge >= 0.3 is 0 Å². The highest BCUT2D eigenvalue weighted by Crippen LogP contribution is 2.04. The molecule has 0 fully saturated rings. The Balaban J connectivity index is 1.62. The number of aryl methyl sites for hydroxylation is 2. The van der Waals surface area contributed by atoms with Crippen molar-refractivity contribution in [3.8, 4) is 0 Å². The lowest BCUT2D eigenvalue weighted by molar-refractivity contribution is 0.0948. The number of carbonyl (C=O) groups excluding carboxylic acids is 1. The van der Waals surface area contributed by atoms with Crippen molar-refractivity contribution in [3.63, 3.8) is 0 Å². The van der Waals surface area contributed by atoms with Gasteiger partial charge in [-0.15, -0.1) is 10.2 Å². The molecule has 0 bridgehead atoms. The van der Waals surface area contributed by atoms with Crippen LogP contribution in [0.4, 0.5) is 0 Å². The smallest absolute Gasteiger partial charge is 0.271 e. The van der Waals surface area contributed by atoms with Crippen LogP contribution in [-0.2, 0) is 13.5 Å². The van der Waals surface area contributed by atoms with Crippen LogP contribution in [0.3, 0.4) is 0 Å². The van der Waals surface area contributed by atoms with Crippen LogP contribution in [0.15, 0.2) is 30.5 Å². The third kappa shape index (κ3) is 2.62. The largest absolute Gasteiger partial charge is 0.350 e. The van der Waals surface area contributed by atoms with E-state index in [0.29, 0.717) is 18.7 Å². The molecule has 0 aliphatic heterocycles. The van der Waals surface area contributed by atoms with Crippen LogP contribution in [0.5, 0.6) is 0 Å². The van der Waals surface area contributed by atoms with Crippen molar-refractivity contribution < 1.29 is 4.79 Å². The lowest BCUT2D eigenvalue weighted by atomic mass is 10.3. The van der Waals surface area contributed by atoms with Crippen molar-refractivity contribution in [2.75, 3.05) is 6.54 Å². The zero-order chi connectivity index (χ0) is 14.8. The third-order valence-electron chi connectivity index (χ3n) is 3.36. The molecule has 0 saturated heterocycles. The first-order valence-corrected chi connectivity index (χ1v) is 6.72. The summed E-state index contributed by atoms with van der Waals surface area (Å²) in [5, 5.41) is 15.2. The number of nitrogens with zero attached hydrogens (tertiary/aromatic N) is 5. The fraction of sp³-hybridized carbons (Fsp3) is 0.286. The lowest BCUT2D eigenvalue weighted by Crippen LogP contribution is -2.26. The SMILES string of the molecule is Cc1cc(C(=O)NCCc2nnc3ccccn23)nn1C. The van der Waals surface area contributed by atoms with Crippen LogP contribution in [-0.4, -0.2) is 36.8 Å². The number of hydrogen-bond donors (Lipinski definition) is 1. The summed E-state index contributed by atoms with van der Waals surface area (Å²) in [6.07, 6.45) is 2.53. The molecule has 1 amide bonds. The molecule has 3 heterocycles. The van der Waals surface area contributed by atoms with Gasteiger partial charge in [-0.25, -0.2) is 0 Å². The lowest BCUT2D eigenvalue weighted by Gasteiger charge is -2.02. The molecule has 21 heavy (non-hydrogen) atoms. The molecular formula is C14H16N6O. The first-order valence-electron chi connectivity index (χ1n) is 6.72. The van der Waals surface area contributed by atoms with E-state index in [4.69, 9.17) is 0 Å². The van der Waals surface area contributed by atoms with Crippen molar-refractivity contribution in [3.05, 3.63) is 47.7 Å². The van der Waals surface area contributed by atoms with E-state index in [1.165, 1.54) is 0 Å². The maximum Gasteiger partial charge on any atom is 0.271 e. The summed E-state index contributed by atoms with van der Waals surface area (Å²) in [5.74, 6) is 0.649. The maximum atomic E-state index is 12.0. The number of hydrogen-bond acceptors (Lipinski definition) is 4. The molecule has 7 nitrogen and oxygen atoms in total. The van der Waals surface area contributed by atoms with Crippen molar-refractivity contribution in [1.82, 2.24) is 29.7 Å². The highest BCUT2D eigenvalue weighted by Gasteiger charge is 2.11. The Morgan fingerprint density at radius 3 is 2.95 bits per heavy atom. The quantitative estimate of drug-likeness (QED) is 0.766. The van der Waals surface area contributed by atoms with Gasteiger partial charge in [-0.2, -0.15) is 5.10 Å². The van der Waals surface area contributed by atoms with Gasteiger partial charge in [0.25, 0.3) is 5.91 Å². The van der Waals surface area contributed by atoms with E-state index in [1.54, 1.807) is 10.7 Å². The molecule has 3 rings (SSSR count). The number of rotatable bonds is 4. The number of amides is 1. The average molecular weight is 284 g/mol. The summed E-state index contributed by atoms with van der Waals surface area (Å²) >= 11 is 0. The van der Waals surface area contributed by atoms with Gasteiger partial charge in [0.2, 0.25) is 0 Å². The second-order valence-electron chi connectivity index (χ2n) is 4.85. The van der Waals surface area contributed by atoms with Gasteiger partial charge in [-0.05, 0) is 25.1 Å². The molecule has 0 aliphatic rings. The molecule has 0 unspecified atom stereocenters. The first kappa shape index (κ1) is 13.3. The molecule has 0 atom stereocenters. The normalized spacial score (nSPS) is 11.0. The Kier molecular flexibility index (Phi) is 3.39. The fourth-order valence-corrected chi connectivity index (χ4v) is 2.11. The van der Waals surface area contributed by atoms with Gasteiger partial charge in [0.15, 0.2) is 5.65 Å². The highest BCUT2D eigenvalue weighted by molar-refractivity contribution is 5.92. The minimum atomic E-state index is -0.174. The summed E-state index contributed by atoms with van der Waals surface area (Å²) < 4.78 is 3.60. The summed E-state index contributed by atoms with van der Waals surface area (Å²) in [6, 6.07) is 7.50. The first-order chi connectivity index (χ1) is 10.1. The number of fused-ring (bicyclic) bond motifs is 1. The predicted molar refractivity (Wildman–Crippen MR) is 77.0 cm³/mol. The Bertz CT molecular complexity index is 768. The minimum Gasteiger partial charge on any atom is -0.350 e. The van der Waals surface area contributed by atoms with E-state index in [0.717, 1.165) is 17.2 Å². The Hall–Kier alpha value is -2.70. The van der Waals surface area contributed by atoms with Crippen LogP contribution in [0.1, 0.15) is 22.0 Å². The summed E-state index contributed by atoms with van der Waals surface area (Å²) in [5.41, 5.74) is 2.18. The predicted octanol–water partition coefficient (Wildman–Crippen LogP) is 0.744.